The van der Waals surface area contributed by atoms with Crippen molar-refractivity contribution in [2.75, 3.05) is 43.2 Å². The summed E-state index contributed by atoms with van der Waals surface area (Å²) in [4.78, 5) is 33.7. The van der Waals surface area contributed by atoms with Gasteiger partial charge in [-0.3, -0.25) is 4.79 Å². The largest absolute Gasteiger partial charge is 0.477 e. The molecule has 212 valence electrons. The van der Waals surface area contributed by atoms with Crippen molar-refractivity contribution in [3.05, 3.63) is 59.4 Å². The molecular formula is C27H29FN4O6S2. The van der Waals surface area contributed by atoms with Crippen LogP contribution in [0.4, 0.5) is 15.9 Å². The minimum absolute atomic E-state index is 0.0208. The Kier molecular flexibility index (Phi) is 7.91. The van der Waals surface area contributed by atoms with E-state index in [1.54, 1.807) is 26.2 Å². The Morgan fingerprint density at radius 1 is 1.23 bits per heavy atom. The van der Waals surface area contributed by atoms with Gasteiger partial charge in [0.15, 0.2) is 0 Å². The van der Waals surface area contributed by atoms with Crippen LogP contribution < -0.4 is 9.80 Å². The molecule has 0 radical (unpaired) electrons. The Morgan fingerprint density at radius 2 is 1.98 bits per heavy atom. The van der Waals surface area contributed by atoms with Crippen LogP contribution in [0, 0.1) is 5.82 Å². The van der Waals surface area contributed by atoms with E-state index < -0.39 is 40.3 Å². The van der Waals surface area contributed by atoms with Crippen molar-refractivity contribution in [2.24, 2.45) is 0 Å². The van der Waals surface area contributed by atoms with E-state index in [0.717, 1.165) is 35.0 Å². The zero-order valence-corrected chi connectivity index (χ0v) is 23.6. The van der Waals surface area contributed by atoms with Gasteiger partial charge in [-0.25, -0.2) is 22.6 Å². The normalized spacial score (nSPS) is 20.3. The molecule has 2 saturated heterocycles. The molecule has 2 aromatic heterocycles. The lowest BCUT2D eigenvalue weighted by Crippen LogP contribution is -2.57. The van der Waals surface area contributed by atoms with Crippen LogP contribution in [0.1, 0.15) is 29.4 Å². The Balaban J connectivity index is 1.36. The minimum Gasteiger partial charge on any atom is -0.477 e. The number of aromatic carboxylic acids is 1. The van der Waals surface area contributed by atoms with Crippen molar-refractivity contribution < 1.29 is 32.2 Å². The summed E-state index contributed by atoms with van der Waals surface area (Å²) in [5, 5.41) is 9.84. The lowest BCUT2D eigenvalue weighted by molar-refractivity contribution is -0.120. The molecular weight excluding hydrogens is 559 g/mol. The van der Waals surface area contributed by atoms with Crippen LogP contribution in [0.3, 0.4) is 0 Å². The number of hydrogen-bond donors (Lipinski definition) is 1. The molecule has 3 aromatic rings. The first-order valence-corrected chi connectivity index (χ1v) is 15.0. The van der Waals surface area contributed by atoms with E-state index in [-0.39, 0.29) is 28.0 Å². The quantitative estimate of drug-likeness (QED) is 0.423. The molecule has 1 aromatic carbocycles. The highest BCUT2D eigenvalue weighted by Crippen LogP contribution is 2.39. The van der Waals surface area contributed by atoms with Gasteiger partial charge in [-0.05, 0) is 55.7 Å². The van der Waals surface area contributed by atoms with E-state index in [0.29, 0.717) is 22.9 Å². The molecule has 1 amide bonds. The molecule has 5 rings (SSSR count). The molecule has 0 bridgehead atoms. The van der Waals surface area contributed by atoms with Crippen molar-refractivity contribution in [1.29, 1.82) is 0 Å². The second-order valence-electron chi connectivity index (χ2n) is 9.84. The number of carboxylic acids is 1. The molecule has 0 unspecified atom stereocenters. The Labute approximate surface area is 235 Å². The van der Waals surface area contributed by atoms with Crippen molar-refractivity contribution in [2.45, 2.75) is 36.7 Å². The average molecular weight is 589 g/mol. The Hall–Kier alpha value is -3.39. The van der Waals surface area contributed by atoms with Crippen LogP contribution in [0.15, 0.2) is 53.6 Å². The first kappa shape index (κ1) is 28.1. The number of halogens is 1. The van der Waals surface area contributed by atoms with E-state index in [1.807, 2.05) is 0 Å². The monoisotopic (exact) mass is 588 g/mol. The SMILES string of the molecule is COC[C@@H]1CCCN1c1ccc(S(=O)(=O)N2CC(=O)N(c3cc(-c4ccc(F)cc4)sc3C(=O)O)[C@H](C)C2)cn1. The summed E-state index contributed by atoms with van der Waals surface area (Å²) in [6.07, 6.45) is 3.28. The standard InChI is InChI=1S/C27H29FN4O6S2/c1-17-14-30(40(36,37)21-9-10-24(29-13-21)31-11-3-4-20(31)16-38-2)15-25(33)32(17)22-12-23(39-26(22)27(34)35)18-5-7-19(28)8-6-18/h5-10,12-13,17,20H,3-4,11,14-16H2,1-2H3,(H,34,35)/t17-,20+/m1/s1. The molecule has 2 fully saturated rings. The topological polar surface area (TPSA) is 120 Å². The van der Waals surface area contributed by atoms with Crippen LogP contribution in [0.25, 0.3) is 10.4 Å². The number of anilines is 2. The fraction of sp³-hybridized carbons (Fsp3) is 0.370. The van der Waals surface area contributed by atoms with E-state index >= 15 is 0 Å². The van der Waals surface area contributed by atoms with Crippen molar-refractivity contribution in [3.8, 4) is 10.4 Å². The van der Waals surface area contributed by atoms with Gasteiger partial charge in [-0.2, -0.15) is 4.31 Å². The van der Waals surface area contributed by atoms with Gasteiger partial charge in [0.05, 0.1) is 24.9 Å². The van der Waals surface area contributed by atoms with E-state index in [4.69, 9.17) is 4.74 Å². The van der Waals surface area contributed by atoms with Crippen molar-refractivity contribution in [1.82, 2.24) is 9.29 Å². The van der Waals surface area contributed by atoms with E-state index in [9.17, 15) is 27.5 Å². The molecule has 4 heterocycles. The smallest absolute Gasteiger partial charge is 0.348 e. The van der Waals surface area contributed by atoms with Crippen molar-refractivity contribution >= 4 is 44.7 Å². The molecule has 10 nitrogen and oxygen atoms in total. The Morgan fingerprint density at radius 3 is 2.60 bits per heavy atom. The first-order chi connectivity index (χ1) is 19.1. The predicted molar refractivity (Wildman–Crippen MR) is 149 cm³/mol. The first-order valence-electron chi connectivity index (χ1n) is 12.8. The highest BCUT2D eigenvalue weighted by molar-refractivity contribution is 7.89. The summed E-state index contributed by atoms with van der Waals surface area (Å²) < 4.78 is 46.7. The molecule has 2 atom stereocenters. The minimum atomic E-state index is -4.03. The molecule has 1 N–H and O–H groups in total. The van der Waals surface area contributed by atoms with Gasteiger partial charge >= 0.3 is 5.97 Å². The number of amides is 1. The second kappa shape index (κ2) is 11.2. The third kappa shape index (κ3) is 5.33. The van der Waals surface area contributed by atoms with Gasteiger partial charge in [0.2, 0.25) is 15.9 Å². The van der Waals surface area contributed by atoms with Crippen LogP contribution in [0.5, 0.6) is 0 Å². The molecule has 40 heavy (non-hydrogen) atoms. The maximum Gasteiger partial charge on any atom is 0.348 e. The number of rotatable bonds is 8. The molecule has 0 spiro atoms. The average Bonchev–Trinajstić information content (AvgIpc) is 3.57. The van der Waals surface area contributed by atoms with Gasteiger partial charge < -0.3 is 19.6 Å². The Bertz CT molecular complexity index is 1510. The van der Waals surface area contributed by atoms with Gasteiger partial charge in [0.1, 0.15) is 21.4 Å². The number of hydrogen-bond acceptors (Lipinski definition) is 8. The van der Waals surface area contributed by atoms with Gasteiger partial charge in [0, 0.05) is 37.3 Å². The lowest BCUT2D eigenvalue weighted by Gasteiger charge is -2.38. The zero-order valence-electron chi connectivity index (χ0n) is 22.0. The highest BCUT2D eigenvalue weighted by atomic mass is 32.2. The summed E-state index contributed by atoms with van der Waals surface area (Å²) in [5.74, 6) is -1.50. The number of aromatic nitrogens is 1. The fourth-order valence-corrected chi connectivity index (χ4v) is 7.70. The molecule has 2 aliphatic heterocycles. The molecule has 2 aliphatic rings. The number of carboxylic acid groups (broad SMARTS) is 1. The summed E-state index contributed by atoms with van der Waals surface area (Å²) in [6.45, 7) is 2.57. The summed E-state index contributed by atoms with van der Waals surface area (Å²) >= 11 is 0.974. The number of ether oxygens (including phenoxy) is 1. The van der Waals surface area contributed by atoms with Gasteiger partial charge in [-0.15, -0.1) is 11.3 Å². The zero-order chi connectivity index (χ0) is 28.6. The maximum absolute atomic E-state index is 13.5. The van der Waals surface area contributed by atoms with Crippen LogP contribution in [-0.4, -0.2) is 80.1 Å². The number of pyridine rings is 1. The van der Waals surface area contributed by atoms with Crippen LogP contribution in [-0.2, 0) is 19.6 Å². The fourth-order valence-electron chi connectivity index (χ4n) is 5.29. The summed E-state index contributed by atoms with van der Waals surface area (Å²) in [7, 11) is -2.39. The van der Waals surface area contributed by atoms with E-state index in [2.05, 4.69) is 9.88 Å². The lowest BCUT2D eigenvalue weighted by atomic mass is 10.1. The van der Waals surface area contributed by atoms with Crippen molar-refractivity contribution in [3.63, 3.8) is 0 Å². The molecule has 13 heteroatoms. The van der Waals surface area contributed by atoms with Gasteiger partial charge in [-0.1, -0.05) is 12.1 Å². The number of methoxy groups -OCH3 is 1. The number of thiophene rings is 1. The number of carbonyl (C=O) groups excluding carboxylic acids is 1. The molecule has 0 saturated carbocycles. The number of carbonyl (C=O) groups is 2. The summed E-state index contributed by atoms with van der Waals surface area (Å²) in [5.41, 5.74) is 0.800. The third-order valence-electron chi connectivity index (χ3n) is 7.17. The van der Waals surface area contributed by atoms with Crippen LogP contribution >= 0.6 is 11.3 Å². The van der Waals surface area contributed by atoms with Gasteiger partial charge in [0.25, 0.3) is 0 Å². The summed E-state index contributed by atoms with van der Waals surface area (Å²) in [6, 6.07) is 9.91. The number of nitrogens with zero attached hydrogens (tertiary/aromatic N) is 4. The predicted octanol–water partition coefficient (Wildman–Crippen LogP) is 3.69. The van der Waals surface area contributed by atoms with E-state index in [1.165, 1.54) is 41.4 Å². The van der Waals surface area contributed by atoms with Crippen LogP contribution in [0.2, 0.25) is 0 Å². The number of piperazine rings is 1. The maximum atomic E-state index is 13.5. The highest BCUT2D eigenvalue weighted by Gasteiger charge is 2.39. The third-order valence-corrected chi connectivity index (χ3v) is 10.1. The second-order valence-corrected chi connectivity index (χ2v) is 12.8. The molecule has 0 aliphatic carbocycles. The number of sulfonamides is 1. The number of benzene rings is 1.